The van der Waals surface area contributed by atoms with Crippen molar-refractivity contribution in [1.29, 1.82) is 0 Å². The van der Waals surface area contributed by atoms with Gasteiger partial charge in [0, 0.05) is 17.8 Å². The van der Waals surface area contributed by atoms with Gasteiger partial charge in [-0.25, -0.2) is 9.78 Å². The maximum absolute atomic E-state index is 11.7. The normalized spacial score (nSPS) is 10.2. The Bertz CT molecular complexity index is 673. The number of amides is 1. The molecule has 0 unspecified atom stereocenters. The third kappa shape index (κ3) is 5.88. The van der Waals surface area contributed by atoms with E-state index in [9.17, 15) is 9.59 Å². The molecule has 0 fully saturated rings. The maximum atomic E-state index is 11.7. The van der Waals surface area contributed by atoms with Gasteiger partial charge in [0.25, 0.3) is 5.91 Å². The molecule has 0 atom stereocenters. The van der Waals surface area contributed by atoms with Crippen molar-refractivity contribution in [3.63, 3.8) is 0 Å². The third-order valence-corrected chi connectivity index (χ3v) is 3.42. The van der Waals surface area contributed by atoms with E-state index in [1.54, 1.807) is 12.1 Å². The van der Waals surface area contributed by atoms with Gasteiger partial charge < -0.3 is 10.1 Å². The summed E-state index contributed by atoms with van der Waals surface area (Å²) in [7, 11) is 0. The summed E-state index contributed by atoms with van der Waals surface area (Å²) in [4.78, 5) is 27.1. The van der Waals surface area contributed by atoms with Crippen molar-refractivity contribution in [2.75, 3.05) is 13.2 Å². The van der Waals surface area contributed by atoms with Crippen LogP contribution in [0.15, 0.2) is 42.6 Å². The molecule has 1 aromatic heterocycles. The number of benzene rings is 1. The highest BCUT2D eigenvalue weighted by molar-refractivity contribution is 6.30. The number of nitrogens with one attached hydrogen (secondary N) is 1. The third-order valence-electron chi connectivity index (χ3n) is 2.95. The number of carbonyl (C=O) groups is 2. The molecule has 2 rings (SSSR count). The molecular formula is C16H14Cl2N2O3. The fourth-order valence-electron chi connectivity index (χ4n) is 1.76. The molecule has 23 heavy (non-hydrogen) atoms. The average molecular weight is 353 g/mol. The lowest BCUT2D eigenvalue weighted by atomic mass is 10.1. The Morgan fingerprint density at radius 3 is 2.48 bits per heavy atom. The van der Waals surface area contributed by atoms with Gasteiger partial charge in [-0.05, 0) is 36.2 Å². The number of nitrogens with zero attached hydrogens (tertiary/aromatic N) is 1. The number of esters is 1. The van der Waals surface area contributed by atoms with E-state index in [4.69, 9.17) is 27.9 Å². The molecule has 7 heteroatoms. The molecule has 2 aromatic rings. The Balaban J connectivity index is 1.69. The monoisotopic (exact) mass is 352 g/mol. The predicted molar refractivity (Wildman–Crippen MR) is 87.7 cm³/mol. The number of carbonyl (C=O) groups excluding carboxylic acids is 2. The van der Waals surface area contributed by atoms with Crippen LogP contribution in [-0.4, -0.2) is 30.0 Å². The van der Waals surface area contributed by atoms with Gasteiger partial charge in [-0.1, -0.05) is 35.3 Å². The summed E-state index contributed by atoms with van der Waals surface area (Å²) in [5, 5.41) is 3.62. The van der Waals surface area contributed by atoms with E-state index in [-0.39, 0.29) is 23.2 Å². The van der Waals surface area contributed by atoms with Crippen molar-refractivity contribution in [2.45, 2.75) is 6.42 Å². The zero-order chi connectivity index (χ0) is 16.7. The highest BCUT2D eigenvalue weighted by atomic mass is 35.5. The first-order valence-corrected chi connectivity index (χ1v) is 7.60. The predicted octanol–water partition coefficient (Wildman–Crippen LogP) is 2.90. The van der Waals surface area contributed by atoms with E-state index in [2.05, 4.69) is 10.3 Å². The zero-order valence-electron chi connectivity index (χ0n) is 12.1. The SMILES string of the molecule is O=C(COC(=O)c1ccc(Cl)nc1)NCCc1ccc(Cl)cc1. The van der Waals surface area contributed by atoms with Crippen molar-refractivity contribution >= 4 is 35.1 Å². The van der Waals surface area contributed by atoms with E-state index in [1.807, 2.05) is 12.1 Å². The van der Waals surface area contributed by atoms with Crippen LogP contribution < -0.4 is 5.32 Å². The molecule has 0 radical (unpaired) electrons. The van der Waals surface area contributed by atoms with Crippen molar-refractivity contribution in [3.8, 4) is 0 Å². The molecule has 0 aliphatic heterocycles. The Morgan fingerprint density at radius 2 is 1.83 bits per heavy atom. The Hall–Kier alpha value is -2.11. The summed E-state index contributed by atoms with van der Waals surface area (Å²) < 4.78 is 4.90. The second kappa shape index (κ2) is 8.50. The van der Waals surface area contributed by atoms with Gasteiger partial charge in [-0.3, -0.25) is 4.79 Å². The summed E-state index contributed by atoms with van der Waals surface area (Å²) in [6.45, 7) is 0.0998. The fourth-order valence-corrected chi connectivity index (χ4v) is 2.00. The first-order valence-electron chi connectivity index (χ1n) is 6.84. The van der Waals surface area contributed by atoms with Gasteiger partial charge in [-0.2, -0.15) is 0 Å². The lowest BCUT2D eigenvalue weighted by Gasteiger charge is -2.07. The van der Waals surface area contributed by atoms with Crippen molar-refractivity contribution in [3.05, 3.63) is 63.9 Å². The van der Waals surface area contributed by atoms with Gasteiger partial charge in [0.15, 0.2) is 6.61 Å². The van der Waals surface area contributed by atoms with Gasteiger partial charge >= 0.3 is 5.97 Å². The van der Waals surface area contributed by atoms with Gasteiger partial charge in [0.1, 0.15) is 5.15 Å². The molecular weight excluding hydrogens is 339 g/mol. The molecule has 5 nitrogen and oxygen atoms in total. The minimum atomic E-state index is -0.623. The summed E-state index contributed by atoms with van der Waals surface area (Å²) in [5.74, 6) is -0.990. The van der Waals surface area contributed by atoms with Crippen LogP contribution in [0, 0.1) is 0 Å². The first kappa shape index (κ1) is 17.2. The second-order valence-electron chi connectivity index (χ2n) is 4.67. The molecule has 1 heterocycles. The minimum absolute atomic E-state index is 0.239. The van der Waals surface area contributed by atoms with Gasteiger partial charge in [0.05, 0.1) is 5.56 Å². The van der Waals surface area contributed by atoms with Crippen LogP contribution in [0.5, 0.6) is 0 Å². The number of ether oxygens (including phenoxy) is 1. The average Bonchev–Trinajstić information content (AvgIpc) is 2.55. The number of hydrogen-bond donors (Lipinski definition) is 1. The molecule has 0 saturated carbocycles. The molecule has 120 valence electrons. The van der Waals surface area contributed by atoms with Gasteiger partial charge in [-0.15, -0.1) is 0 Å². The number of pyridine rings is 1. The van der Waals surface area contributed by atoms with Crippen LogP contribution in [0.25, 0.3) is 0 Å². The van der Waals surface area contributed by atoms with E-state index in [1.165, 1.54) is 18.3 Å². The standard InChI is InChI=1S/C16H14Cl2N2O3/c17-13-4-1-11(2-5-13)7-8-19-15(21)10-23-16(22)12-3-6-14(18)20-9-12/h1-6,9H,7-8,10H2,(H,19,21). The van der Waals surface area contributed by atoms with E-state index in [0.29, 0.717) is 18.0 Å². The van der Waals surface area contributed by atoms with Crippen molar-refractivity contribution in [2.24, 2.45) is 0 Å². The largest absolute Gasteiger partial charge is 0.452 e. The van der Waals surface area contributed by atoms with Crippen LogP contribution in [0.1, 0.15) is 15.9 Å². The summed E-state index contributed by atoms with van der Waals surface area (Å²) in [5.41, 5.74) is 1.29. The minimum Gasteiger partial charge on any atom is -0.452 e. The molecule has 0 bridgehead atoms. The molecule has 0 spiro atoms. The number of aromatic nitrogens is 1. The molecule has 0 aliphatic rings. The summed E-state index contributed by atoms with van der Waals surface area (Å²) in [6.07, 6.45) is 1.96. The van der Waals surface area contributed by atoms with Gasteiger partial charge in [0.2, 0.25) is 0 Å². The number of halogens is 2. The maximum Gasteiger partial charge on any atom is 0.340 e. The summed E-state index contributed by atoms with van der Waals surface area (Å²) in [6, 6.07) is 10.3. The highest BCUT2D eigenvalue weighted by Crippen LogP contribution is 2.09. The molecule has 1 N–H and O–H groups in total. The van der Waals surface area contributed by atoms with E-state index >= 15 is 0 Å². The Kier molecular flexibility index (Phi) is 6.38. The van der Waals surface area contributed by atoms with Crippen LogP contribution in [0.3, 0.4) is 0 Å². The number of hydrogen-bond acceptors (Lipinski definition) is 4. The van der Waals surface area contributed by atoms with Crippen LogP contribution in [-0.2, 0) is 16.0 Å². The van der Waals surface area contributed by atoms with E-state index in [0.717, 1.165) is 5.56 Å². The van der Waals surface area contributed by atoms with Crippen LogP contribution >= 0.6 is 23.2 Å². The lowest BCUT2D eigenvalue weighted by Crippen LogP contribution is -2.30. The smallest absolute Gasteiger partial charge is 0.340 e. The van der Waals surface area contributed by atoms with Crippen LogP contribution in [0.4, 0.5) is 0 Å². The zero-order valence-corrected chi connectivity index (χ0v) is 13.6. The highest BCUT2D eigenvalue weighted by Gasteiger charge is 2.10. The molecule has 0 saturated heterocycles. The Morgan fingerprint density at radius 1 is 1.09 bits per heavy atom. The lowest BCUT2D eigenvalue weighted by molar-refractivity contribution is -0.124. The molecule has 0 aliphatic carbocycles. The van der Waals surface area contributed by atoms with Crippen molar-refractivity contribution in [1.82, 2.24) is 10.3 Å². The fraction of sp³-hybridized carbons (Fsp3) is 0.188. The van der Waals surface area contributed by atoms with Crippen LogP contribution in [0.2, 0.25) is 10.2 Å². The first-order chi connectivity index (χ1) is 11.0. The second-order valence-corrected chi connectivity index (χ2v) is 5.50. The summed E-state index contributed by atoms with van der Waals surface area (Å²) >= 11 is 11.4. The Labute approximate surface area is 143 Å². The molecule has 1 aromatic carbocycles. The quantitative estimate of drug-likeness (QED) is 0.641. The topological polar surface area (TPSA) is 68.3 Å². The van der Waals surface area contributed by atoms with Crippen molar-refractivity contribution < 1.29 is 14.3 Å². The number of rotatable bonds is 6. The van der Waals surface area contributed by atoms with E-state index < -0.39 is 5.97 Å². The molecule has 1 amide bonds.